The van der Waals surface area contributed by atoms with Crippen LogP contribution in [0.25, 0.3) is 0 Å². The fraction of sp³-hybridized carbons (Fsp3) is 0.739. The van der Waals surface area contributed by atoms with Crippen LogP contribution in [0.15, 0.2) is 24.3 Å². The summed E-state index contributed by atoms with van der Waals surface area (Å²) in [6, 6.07) is 7.82. The SMILES string of the molecule is CC(C)(C)[Si](C)(C)Oc1cccc([C@@]2(O)CC[C@]3(C)[C@@H](CO)CC[C@]3(O)C2)c1. The first kappa shape index (κ1) is 21.8. The molecule has 0 unspecified atom stereocenters. The Morgan fingerprint density at radius 1 is 1.14 bits per heavy atom. The molecule has 0 aromatic heterocycles. The molecule has 0 aliphatic heterocycles. The lowest BCUT2D eigenvalue weighted by Gasteiger charge is -2.52. The number of benzene rings is 1. The van der Waals surface area contributed by atoms with E-state index in [-0.39, 0.29) is 23.0 Å². The van der Waals surface area contributed by atoms with Crippen LogP contribution in [-0.4, -0.2) is 35.8 Å². The van der Waals surface area contributed by atoms with Gasteiger partial charge in [-0.05, 0) is 67.4 Å². The second kappa shape index (κ2) is 6.83. The fourth-order valence-electron chi connectivity index (χ4n) is 5.00. The Labute approximate surface area is 171 Å². The minimum Gasteiger partial charge on any atom is -0.543 e. The van der Waals surface area contributed by atoms with Crippen LogP contribution in [0.2, 0.25) is 18.1 Å². The largest absolute Gasteiger partial charge is 0.543 e. The molecule has 3 N–H and O–H groups in total. The summed E-state index contributed by atoms with van der Waals surface area (Å²) in [5.41, 5.74) is -1.51. The molecule has 4 atom stereocenters. The van der Waals surface area contributed by atoms with Crippen molar-refractivity contribution >= 4 is 8.32 Å². The second-order valence-corrected chi connectivity index (χ2v) is 15.7. The normalized spacial score (nSPS) is 36.2. The molecule has 158 valence electrons. The van der Waals surface area contributed by atoms with Gasteiger partial charge in [0.2, 0.25) is 8.32 Å². The molecule has 0 spiro atoms. The Bertz CT molecular complexity index is 728. The smallest absolute Gasteiger partial charge is 0.250 e. The van der Waals surface area contributed by atoms with Gasteiger partial charge in [-0.2, -0.15) is 0 Å². The van der Waals surface area contributed by atoms with Gasteiger partial charge in [0.05, 0.1) is 11.2 Å². The van der Waals surface area contributed by atoms with E-state index in [0.29, 0.717) is 25.7 Å². The maximum Gasteiger partial charge on any atom is 0.250 e. The van der Waals surface area contributed by atoms with Crippen LogP contribution in [0.5, 0.6) is 5.75 Å². The Morgan fingerprint density at radius 3 is 2.43 bits per heavy atom. The van der Waals surface area contributed by atoms with Gasteiger partial charge in [0.15, 0.2) is 0 Å². The van der Waals surface area contributed by atoms with Gasteiger partial charge in [0, 0.05) is 18.4 Å². The molecule has 2 aliphatic rings. The predicted molar refractivity (Wildman–Crippen MR) is 115 cm³/mol. The van der Waals surface area contributed by atoms with Gasteiger partial charge in [0.25, 0.3) is 0 Å². The van der Waals surface area contributed by atoms with E-state index in [4.69, 9.17) is 4.43 Å². The van der Waals surface area contributed by atoms with E-state index in [1.165, 1.54) is 0 Å². The third kappa shape index (κ3) is 3.45. The summed E-state index contributed by atoms with van der Waals surface area (Å²) in [6.07, 6.45) is 3.06. The number of rotatable bonds is 4. The molecule has 4 nitrogen and oxygen atoms in total. The summed E-state index contributed by atoms with van der Waals surface area (Å²) in [7, 11) is -1.96. The molecular formula is C23H38O4Si. The first-order valence-corrected chi connectivity index (χ1v) is 13.5. The molecule has 3 rings (SSSR count). The lowest BCUT2D eigenvalue weighted by Crippen LogP contribution is -2.55. The zero-order chi connectivity index (χ0) is 21.0. The van der Waals surface area contributed by atoms with E-state index >= 15 is 0 Å². The van der Waals surface area contributed by atoms with Crippen molar-refractivity contribution in [3.8, 4) is 5.75 Å². The van der Waals surface area contributed by atoms with E-state index in [0.717, 1.165) is 17.7 Å². The van der Waals surface area contributed by atoms with Gasteiger partial charge in [-0.1, -0.05) is 39.8 Å². The monoisotopic (exact) mass is 406 g/mol. The highest BCUT2D eigenvalue weighted by molar-refractivity contribution is 6.74. The highest BCUT2D eigenvalue weighted by Gasteiger charge is 2.61. The summed E-state index contributed by atoms with van der Waals surface area (Å²) in [5, 5.41) is 32.8. The highest BCUT2D eigenvalue weighted by atomic mass is 28.4. The number of aliphatic hydroxyl groups excluding tert-OH is 1. The van der Waals surface area contributed by atoms with Crippen molar-refractivity contribution in [3.63, 3.8) is 0 Å². The van der Waals surface area contributed by atoms with Gasteiger partial charge in [0.1, 0.15) is 5.75 Å². The molecule has 1 aromatic carbocycles. The Morgan fingerprint density at radius 2 is 1.82 bits per heavy atom. The van der Waals surface area contributed by atoms with Crippen molar-refractivity contribution < 1.29 is 19.7 Å². The summed E-state index contributed by atoms with van der Waals surface area (Å²) < 4.78 is 6.44. The quantitative estimate of drug-likeness (QED) is 0.640. The standard InChI is InChI=1S/C23H38O4Si/c1-20(2,3)28(5,6)27-19-9-7-8-17(14-19)22(25)13-12-21(4)18(15-24)10-11-23(21,26)16-22/h7-9,14,18,24-26H,10-13,15-16H2,1-6H3/t18-,21-,22-,23+/m1/s1. The number of fused-ring (bicyclic) bond motifs is 1. The second-order valence-electron chi connectivity index (χ2n) is 11.0. The molecule has 0 bridgehead atoms. The Hall–Kier alpha value is -0.883. The molecule has 5 heteroatoms. The summed E-state index contributed by atoms with van der Waals surface area (Å²) in [4.78, 5) is 0. The van der Waals surface area contributed by atoms with E-state index < -0.39 is 19.5 Å². The van der Waals surface area contributed by atoms with Gasteiger partial charge < -0.3 is 19.7 Å². The van der Waals surface area contributed by atoms with Crippen molar-refractivity contribution in [2.75, 3.05) is 6.61 Å². The van der Waals surface area contributed by atoms with Crippen molar-refractivity contribution in [2.45, 2.75) is 89.1 Å². The van der Waals surface area contributed by atoms with E-state index in [2.05, 4.69) is 40.8 Å². The molecule has 1 aromatic rings. The Balaban J connectivity index is 1.87. The molecule has 0 saturated heterocycles. The average molecular weight is 407 g/mol. The van der Waals surface area contributed by atoms with Crippen LogP contribution in [0.3, 0.4) is 0 Å². The number of hydrogen-bond donors (Lipinski definition) is 3. The summed E-state index contributed by atoms with van der Waals surface area (Å²) in [5.74, 6) is 0.910. The Kier molecular flexibility index (Phi) is 5.32. The van der Waals surface area contributed by atoms with Crippen molar-refractivity contribution in [3.05, 3.63) is 29.8 Å². The van der Waals surface area contributed by atoms with Crippen LogP contribution in [-0.2, 0) is 5.60 Å². The molecule has 28 heavy (non-hydrogen) atoms. The molecular weight excluding hydrogens is 368 g/mol. The molecule has 0 heterocycles. The molecule has 0 amide bonds. The third-order valence-electron chi connectivity index (χ3n) is 8.28. The number of aliphatic hydroxyl groups is 3. The summed E-state index contributed by atoms with van der Waals surface area (Å²) >= 11 is 0. The van der Waals surface area contributed by atoms with Crippen LogP contribution in [0, 0.1) is 11.3 Å². The van der Waals surface area contributed by atoms with Crippen LogP contribution in [0.4, 0.5) is 0 Å². The first-order chi connectivity index (χ1) is 12.8. The molecule has 0 radical (unpaired) electrons. The van der Waals surface area contributed by atoms with Crippen molar-refractivity contribution in [1.29, 1.82) is 0 Å². The number of hydrogen-bond acceptors (Lipinski definition) is 4. The topological polar surface area (TPSA) is 69.9 Å². The highest BCUT2D eigenvalue weighted by Crippen LogP contribution is 2.61. The summed E-state index contributed by atoms with van der Waals surface area (Å²) in [6.45, 7) is 13.3. The van der Waals surface area contributed by atoms with E-state index in [1.54, 1.807) is 0 Å². The third-order valence-corrected chi connectivity index (χ3v) is 12.6. The zero-order valence-electron chi connectivity index (χ0n) is 18.4. The minimum absolute atomic E-state index is 0.102. The fourth-order valence-corrected chi connectivity index (χ4v) is 6.02. The van der Waals surface area contributed by atoms with Crippen molar-refractivity contribution in [2.24, 2.45) is 11.3 Å². The first-order valence-electron chi connectivity index (χ1n) is 10.6. The van der Waals surface area contributed by atoms with Crippen molar-refractivity contribution in [1.82, 2.24) is 0 Å². The van der Waals surface area contributed by atoms with Crippen LogP contribution < -0.4 is 4.43 Å². The van der Waals surface area contributed by atoms with Gasteiger partial charge in [-0.25, -0.2) is 0 Å². The van der Waals surface area contributed by atoms with Gasteiger partial charge in [-0.3, -0.25) is 0 Å². The lowest BCUT2D eigenvalue weighted by atomic mass is 9.58. The minimum atomic E-state index is -1.96. The lowest BCUT2D eigenvalue weighted by molar-refractivity contribution is -0.173. The van der Waals surface area contributed by atoms with Crippen LogP contribution >= 0.6 is 0 Å². The maximum absolute atomic E-state index is 11.5. The molecule has 2 aliphatic carbocycles. The average Bonchev–Trinajstić information content (AvgIpc) is 2.84. The zero-order valence-corrected chi connectivity index (χ0v) is 19.4. The van der Waals surface area contributed by atoms with E-state index in [1.807, 2.05) is 24.3 Å². The predicted octanol–water partition coefficient (Wildman–Crippen LogP) is 4.58. The van der Waals surface area contributed by atoms with Gasteiger partial charge in [-0.15, -0.1) is 0 Å². The molecule has 2 saturated carbocycles. The van der Waals surface area contributed by atoms with E-state index in [9.17, 15) is 15.3 Å². The van der Waals surface area contributed by atoms with Crippen LogP contribution in [0.1, 0.15) is 65.4 Å². The molecule has 2 fully saturated rings. The maximum atomic E-state index is 11.5. The van der Waals surface area contributed by atoms with Gasteiger partial charge >= 0.3 is 0 Å².